The molecule has 7 aromatic carbocycles. The summed E-state index contributed by atoms with van der Waals surface area (Å²) < 4.78 is 3.80. The zero-order chi connectivity index (χ0) is 37.0. The topological polar surface area (TPSA) is 38.7 Å². The summed E-state index contributed by atoms with van der Waals surface area (Å²) in [6.07, 6.45) is 0. The van der Waals surface area contributed by atoms with Gasteiger partial charge in [-0.05, 0) is 23.8 Å². The minimum Gasteiger partial charge on any atom is -0.246 e. The van der Waals surface area contributed by atoms with Crippen LogP contribution in [0.25, 0.3) is 108 Å². The van der Waals surface area contributed by atoms with Crippen LogP contribution in [0.2, 0.25) is 0 Å². The molecule has 0 fully saturated rings. The van der Waals surface area contributed by atoms with Gasteiger partial charge in [0.1, 0.15) is 0 Å². The second-order valence-corrected chi connectivity index (χ2v) is 16.0. The molecule has 0 radical (unpaired) electrons. The Balaban J connectivity index is 1.16. The summed E-state index contributed by atoms with van der Waals surface area (Å²) in [5.74, 6) is 0.709. The molecule has 0 bridgehead atoms. The molecule has 0 aliphatic rings. The molecular weight excluding hydrogens is 719 g/mol. The number of hydrogen-bond acceptors (Lipinski definition) is 5. The molecule has 11 rings (SSSR count). The molecule has 0 amide bonds. The normalized spacial score (nSPS) is 11.6. The number of para-hydroxylation sites is 1. The molecule has 56 heavy (non-hydrogen) atoms. The zero-order valence-corrected chi connectivity index (χ0v) is 31.7. The summed E-state index contributed by atoms with van der Waals surface area (Å²) in [4.78, 5) is 16.7. The van der Waals surface area contributed by atoms with Gasteiger partial charge < -0.3 is 0 Å². The highest BCUT2D eigenvalue weighted by molar-refractivity contribution is 7.27. The zero-order valence-electron chi connectivity index (χ0n) is 30.1. The first kappa shape index (κ1) is 32.6. The Morgan fingerprint density at radius 1 is 0.375 bits per heavy atom. The molecular formula is C51H31N3S2. The fourth-order valence-corrected chi connectivity index (χ4v) is 10.5. The minimum atomic E-state index is 0.709. The maximum Gasteiger partial charge on any atom is 0.160 e. The van der Waals surface area contributed by atoms with Crippen molar-refractivity contribution >= 4 is 63.8 Å². The van der Waals surface area contributed by atoms with Crippen molar-refractivity contribution in [2.24, 2.45) is 0 Å². The molecule has 0 spiro atoms. The van der Waals surface area contributed by atoms with Crippen molar-refractivity contribution in [2.75, 3.05) is 0 Å². The lowest BCUT2D eigenvalue weighted by Gasteiger charge is -2.12. The number of benzene rings is 7. The number of thiophene rings is 2. The van der Waals surface area contributed by atoms with Crippen molar-refractivity contribution in [3.05, 3.63) is 188 Å². The predicted molar refractivity (Wildman–Crippen MR) is 238 cm³/mol. The van der Waals surface area contributed by atoms with Gasteiger partial charge in [-0.15, -0.1) is 22.7 Å². The van der Waals surface area contributed by atoms with E-state index in [0.29, 0.717) is 5.82 Å². The van der Waals surface area contributed by atoms with Gasteiger partial charge in [-0.3, -0.25) is 0 Å². The van der Waals surface area contributed by atoms with Crippen molar-refractivity contribution < 1.29 is 0 Å². The summed E-state index contributed by atoms with van der Waals surface area (Å²) in [5, 5.41) is 4.98. The first-order valence-electron chi connectivity index (χ1n) is 18.7. The first-order chi connectivity index (χ1) is 27.8. The smallest absolute Gasteiger partial charge is 0.160 e. The summed E-state index contributed by atoms with van der Waals surface area (Å²) >= 11 is 3.73. The van der Waals surface area contributed by atoms with Crippen LogP contribution in [-0.4, -0.2) is 15.0 Å². The number of pyridine rings is 1. The molecule has 0 saturated heterocycles. The van der Waals surface area contributed by atoms with Crippen molar-refractivity contribution in [1.82, 2.24) is 15.0 Å². The molecule has 0 unspecified atom stereocenters. The van der Waals surface area contributed by atoms with E-state index >= 15 is 0 Å². The van der Waals surface area contributed by atoms with E-state index in [9.17, 15) is 0 Å². The first-order valence-corrected chi connectivity index (χ1v) is 20.3. The monoisotopic (exact) mass is 749 g/mol. The second-order valence-electron chi connectivity index (χ2n) is 13.9. The van der Waals surface area contributed by atoms with Gasteiger partial charge in [-0.25, -0.2) is 15.0 Å². The lowest BCUT2D eigenvalue weighted by Crippen LogP contribution is -1.95. The highest BCUT2D eigenvalue weighted by Gasteiger charge is 2.24. The molecule has 0 saturated carbocycles. The van der Waals surface area contributed by atoms with Crippen LogP contribution in [0.3, 0.4) is 0 Å². The van der Waals surface area contributed by atoms with E-state index in [-0.39, 0.29) is 0 Å². The number of hydrogen-bond donors (Lipinski definition) is 0. The van der Waals surface area contributed by atoms with E-state index in [1.165, 1.54) is 46.3 Å². The molecule has 4 aromatic heterocycles. The van der Waals surface area contributed by atoms with Crippen molar-refractivity contribution in [3.63, 3.8) is 0 Å². The lowest BCUT2D eigenvalue weighted by molar-refractivity contribution is 1.18. The van der Waals surface area contributed by atoms with Gasteiger partial charge >= 0.3 is 0 Å². The van der Waals surface area contributed by atoms with Crippen LogP contribution >= 0.6 is 22.7 Å². The van der Waals surface area contributed by atoms with Gasteiger partial charge in [0.05, 0.1) is 27.3 Å². The van der Waals surface area contributed by atoms with Gasteiger partial charge in [0.25, 0.3) is 0 Å². The highest BCUT2D eigenvalue weighted by atomic mass is 32.1. The molecule has 0 atom stereocenters. The van der Waals surface area contributed by atoms with Gasteiger partial charge in [-0.2, -0.15) is 0 Å². The standard InChI is InChI=1S/C51H31N3S2/c1-4-15-32(16-5-1)42-31-43(54-51(53-42)36-19-8-3-9-20-36)33-27-29-34(30-28-33)45-46-39-22-10-12-25-41(39)52-47(35-17-6-2-7-18-35)50(46)56-49(45)40-24-14-23-38-37-21-11-13-26-44(37)55-48(38)40/h1-31H. The van der Waals surface area contributed by atoms with Crippen LogP contribution in [0.5, 0.6) is 0 Å². The maximum absolute atomic E-state index is 5.33. The van der Waals surface area contributed by atoms with Gasteiger partial charge in [-0.1, -0.05) is 170 Å². The average Bonchev–Trinajstić information content (AvgIpc) is 3.87. The third-order valence-corrected chi connectivity index (χ3v) is 13.0. The molecule has 262 valence electrons. The van der Waals surface area contributed by atoms with Crippen LogP contribution in [0.1, 0.15) is 0 Å². The average molecular weight is 750 g/mol. The Bertz CT molecular complexity index is 3170. The van der Waals surface area contributed by atoms with E-state index < -0.39 is 0 Å². The van der Waals surface area contributed by atoms with Crippen molar-refractivity contribution in [3.8, 4) is 66.7 Å². The molecule has 0 N–H and O–H groups in total. The Labute approximate surface area is 331 Å². The largest absolute Gasteiger partial charge is 0.246 e. The molecule has 3 nitrogen and oxygen atoms in total. The maximum atomic E-state index is 5.33. The summed E-state index contributed by atoms with van der Waals surface area (Å²) in [5.41, 5.74) is 11.6. The molecule has 0 aliphatic heterocycles. The third kappa shape index (κ3) is 5.51. The van der Waals surface area contributed by atoms with Crippen LogP contribution in [-0.2, 0) is 0 Å². The SMILES string of the molecule is c1ccc(-c2cc(-c3ccc(-c4c(-c5cccc6c5sc5ccccc56)sc5c(-c6ccccc6)nc6ccccc6c45)cc3)nc(-c3ccccc3)n2)cc1. The fourth-order valence-electron chi connectivity index (χ4n) is 7.87. The van der Waals surface area contributed by atoms with Gasteiger partial charge in [0.2, 0.25) is 0 Å². The summed E-state index contributed by atoms with van der Waals surface area (Å²) in [6.45, 7) is 0. The predicted octanol–water partition coefficient (Wildman–Crippen LogP) is 14.6. The Morgan fingerprint density at radius 2 is 0.946 bits per heavy atom. The number of aromatic nitrogens is 3. The third-order valence-electron chi connectivity index (χ3n) is 10.5. The lowest BCUT2D eigenvalue weighted by atomic mass is 9.94. The number of rotatable bonds is 6. The van der Waals surface area contributed by atoms with Crippen molar-refractivity contribution in [1.29, 1.82) is 0 Å². The Morgan fingerprint density at radius 3 is 1.68 bits per heavy atom. The summed E-state index contributed by atoms with van der Waals surface area (Å²) in [6, 6.07) is 66.4. The summed E-state index contributed by atoms with van der Waals surface area (Å²) in [7, 11) is 0. The second kappa shape index (κ2) is 13.5. The number of nitrogens with zero attached hydrogens (tertiary/aromatic N) is 3. The van der Waals surface area contributed by atoms with Crippen molar-refractivity contribution in [2.45, 2.75) is 0 Å². The van der Waals surface area contributed by atoms with Crippen LogP contribution < -0.4 is 0 Å². The minimum absolute atomic E-state index is 0.709. The van der Waals surface area contributed by atoms with Gasteiger partial charge in [0, 0.05) is 69.2 Å². The number of fused-ring (bicyclic) bond motifs is 6. The van der Waals surface area contributed by atoms with E-state index in [1.54, 1.807) is 0 Å². The van der Waals surface area contributed by atoms with E-state index in [1.807, 2.05) is 46.9 Å². The Hall–Kier alpha value is -6.79. The quantitative estimate of drug-likeness (QED) is 0.170. The molecule has 0 aliphatic carbocycles. The van der Waals surface area contributed by atoms with Crippen LogP contribution in [0, 0.1) is 0 Å². The molecule has 11 aromatic rings. The molecule has 4 heterocycles. The van der Waals surface area contributed by atoms with E-state index in [4.69, 9.17) is 15.0 Å². The van der Waals surface area contributed by atoms with Crippen LogP contribution in [0.4, 0.5) is 0 Å². The van der Waals surface area contributed by atoms with E-state index in [0.717, 1.165) is 55.8 Å². The van der Waals surface area contributed by atoms with E-state index in [2.05, 4.69) is 164 Å². The molecule has 5 heteroatoms. The van der Waals surface area contributed by atoms with Gasteiger partial charge in [0.15, 0.2) is 5.82 Å². The highest BCUT2D eigenvalue weighted by Crippen LogP contribution is 2.52. The van der Waals surface area contributed by atoms with Crippen LogP contribution in [0.15, 0.2) is 188 Å². The fraction of sp³-hybridized carbons (Fsp3) is 0. The Kier molecular flexibility index (Phi) is 7.87.